The van der Waals surface area contributed by atoms with Crippen LogP contribution in [0.2, 0.25) is 0 Å². The molecule has 1 aromatic rings. The fourth-order valence-electron chi connectivity index (χ4n) is 4.53. The number of rotatable bonds is 5. The van der Waals surface area contributed by atoms with Crippen LogP contribution < -0.4 is 4.90 Å². The lowest BCUT2D eigenvalue weighted by molar-refractivity contribution is -0.127. The number of alkyl halides is 2. The molecule has 4 nitrogen and oxygen atoms in total. The summed E-state index contributed by atoms with van der Waals surface area (Å²) in [5, 5.41) is 0. The average Bonchev–Trinajstić information content (AvgIpc) is 2.69. The van der Waals surface area contributed by atoms with Crippen LogP contribution in [-0.2, 0) is 11.1 Å². The van der Waals surface area contributed by atoms with Crippen LogP contribution in [0.25, 0.3) is 0 Å². The number of piperidine rings is 2. The number of anilines is 1. The molecule has 2 saturated heterocycles. The standard InChI is InChI=1S/C20H30F2N2O2S.C2H6/c1-15(2)19-8-9-23(14-20(19,21)22)13-16-6-10-24(11-7-16)17-4-3-5-18(12-17)27(25)26;1-2/h3-5,12,15-16,19H,6-11,13-14H2,1-2H3,(H,25,26);1-2H3/p-1. The Hall–Kier alpha value is -1.05. The molecular weight excluding hydrogens is 394 g/mol. The van der Waals surface area contributed by atoms with Crippen LogP contribution in [0, 0.1) is 17.8 Å². The van der Waals surface area contributed by atoms with E-state index in [9.17, 15) is 17.5 Å². The van der Waals surface area contributed by atoms with Gasteiger partial charge in [0.1, 0.15) is 0 Å². The van der Waals surface area contributed by atoms with Crippen molar-refractivity contribution in [1.29, 1.82) is 0 Å². The first kappa shape index (κ1) is 24.2. The number of nitrogens with zero attached hydrogens (tertiary/aromatic N) is 2. The van der Waals surface area contributed by atoms with Crippen molar-refractivity contribution < 1.29 is 17.5 Å². The van der Waals surface area contributed by atoms with E-state index in [1.54, 1.807) is 18.2 Å². The van der Waals surface area contributed by atoms with Gasteiger partial charge in [0.15, 0.2) is 0 Å². The third-order valence-electron chi connectivity index (χ3n) is 6.04. The lowest BCUT2D eigenvalue weighted by atomic mass is 9.83. The van der Waals surface area contributed by atoms with Crippen LogP contribution in [0.5, 0.6) is 0 Å². The van der Waals surface area contributed by atoms with Gasteiger partial charge in [-0.05, 0) is 66.9 Å². The van der Waals surface area contributed by atoms with Gasteiger partial charge in [-0.2, -0.15) is 0 Å². The van der Waals surface area contributed by atoms with Crippen LogP contribution in [0.15, 0.2) is 29.2 Å². The molecule has 0 spiro atoms. The zero-order valence-corrected chi connectivity index (χ0v) is 18.9. The smallest absolute Gasteiger partial charge is 0.263 e. The van der Waals surface area contributed by atoms with Gasteiger partial charge in [0.25, 0.3) is 5.92 Å². The Labute approximate surface area is 176 Å². The van der Waals surface area contributed by atoms with Crippen LogP contribution in [0.1, 0.15) is 47.0 Å². The second-order valence-electron chi connectivity index (χ2n) is 8.30. The largest absolute Gasteiger partial charge is 0.768 e. The summed E-state index contributed by atoms with van der Waals surface area (Å²) in [5.74, 6) is -2.66. The van der Waals surface area contributed by atoms with Gasteiger partial charge >= 0.3 is 0 Å². The van der Waals surface area contributed by atoms with Gasteiger partial charge in [-0.25, -0.2) is 8.78 Å². The fraction of sp³-hybridized carbons (Fsp3) is 0.727. The number of hydrogen-bond acceptors (Lipinski definition) is 4. The maximum Gasteiger partial charge on any atom is 0.263 e. The van der Waals surface area contributed by atoms with Crippen molar-refractivity contribution in [2.24, 2.45) is 17.8 Å². The predicted molar refractivity (Wildman–Crippen MR) is 114 cm³/mol. The Kier molecular flexibility index (Phi) is 9.04. The topological polar surface area (TPSA) is 46.6 Å². The van der Waals surface area contributed by atoms with Crippen molar-refractivity contribution in [2.75, 3.05) is 37.6 Å². The summed E-state index contributed by atoms with van der Waals surface area (Å²) in [6.07, 6.45) is 2.46. The molecule has 0 amide bonds. The van der Waals surface area contributed by atoms with Gasteiger partial charge < -0.3 is 9.45 Å². The first-order chi connectivity index (χ1) is 13.8. The first-order valence-electron chi connectivity index (χ1n) is 10.8. The van der Waals surface area contributed by atoms with Gasteiger partial charge in [0, 0.05) is 36.1 Å². The lowest BCUT2D eigenvalue weighted by Crippen LogP contribution is -2.51. The summed E-state index contributed by atoms with van der Waals surface area (Å²) < 4.78 is 51.1. The molecule has 2 heterocycles. The molecule has 3 rings (SSSR count). The van der Waals surface area contributed by atoms with Crippen LogP contribution in [0.4, 0.5) is 14.5 Å². The number of halogens is 2. The van der Waals surface area contributed by atoms with Crippen molar-refractivity contribution >= 4 is 16.8 Å². The molecule has 29 heavy (non-hydrogen) atoms. The fourth-order valence-corrected chi connectivity index (χ4v) is 4.93. The molecule has 7 heteroatoms. The van der Waals surface area contributed by atoms with E-state index >= 15 is 0 Å². The Morgan fingerprint density at radius 2 is 1.83 bits per heavy atom. The van der Waals surface area contributed by atoms with Gasteiger partial charge in [-0.1, -0.05) is 33.8 Å². The first-order valence-corrected chi connectivity index (χ1v) is 11.9. The summed E-state index contributed by atoms with van der Waals surface area (Å²) in [6.45, 7) is 10.8. The van der Waals surface area contributed by atoms with Crippen LogP contribution >= 0.6 is 0 Å². The van der Waals surface area contributed by atoms with Gasteiger partial charge in [0.05, 0.1) is 6.54 Å². The highest BCUT2D eigenvalue weighted by Crippen LogP contribution is 2.38. The molecule has 2 aliphatic rings. The van der Waals surface area contributed by atoms with Gasteiger partial charge in [-0.15, -0.1) is 0 Å². The highest BCUT2D eigenvalue weighted by atomic mass is 32.2. The zero-order valence-electron chi connectivity index (χ0n) is 18.1. The van der Waals surface area contributed by atoms with Crippen molar-refractivity contribution in [1.82, 2.24) is 4.90 Å². The lowest BCUT2D eigenvalue weighted by Gasteiger charge is -2.42. The maximum absolute atomic E-state index is 14.4. The Morgan fingerprint density at radius 3 is 2.38 bits per heavy atom. The van der Waals surface area contributed by atoms with E-state index in [0.717, 1.165) is 44.7 Å². The Balaban J connectivity index is 0.00000145. The van der Waals surface area contributed by atoms with E-state index < -0.39 is 22.9 Å². The average molecular weight is 430 g/mol. The summed E-state index contributed by atoms with van der Waals surface area (Å²) in [4.78, 5) is 4.43. The molecule has 2 fully saturated rings. The molecule has 0 aliphatic carbocycles. The molecule has 0 radical (unpaired) electrons. The molecule has 0 aromatic heterocycles. The molecule has 0 bridgehead atoms. The quantitative estimate of drug-likeness (QED) is 0.632. The van der Waals surface area contributed by atoms with Gasteiger partial charge in [0.2, 0.25) is 0 Å². The molecule has 0 N–H and O–H groups in total. The second kappa shape index (κ2) is 10.8. The predicted octanol–water partition coefficient (Wildman–Crippen LogP) is 4.78. The molecule has 166 valence electrons. The van der Waals surface area contributed by atoms with Crippen molar-refractivity contribution in [2.45, 2.75) is 57.8 Å². The van der Waals surface area contributed by atoms with E-state index in [-0.39, 0.29) is 12.5 Å². The SMILES string of the molecule is CC.CC(C)C1CCN(CC2CCN(c3cccc(S(=O)[O-])c3)CC2)CC1(F)F. The highest BCUT2D eigenvalue weighted by molar-refractivity contribution is 7.79. The van der Waals surface area contributed by atoms with Crippen molar-refractivity contribution in [3.8, 4) is 0 Å². The van der Waals surface area contributed by atoms with Gasteiger partial charge in [-0.3, -0.25) is 9.11 Å². The van der Waals surface area contributed by atoms with E-state index in [1.807, 2.05) is 38.7 Å². The Morgan fingerprint density at radius 1 is 1.17 bits per heavy atom. The minimum Gasteiger partial charge on any atom is -0.768 e. The molecule has 2 aliphatic heterocycles. The number of likely N-dealkylation sites (tertiary alicyclic amines) is 1. The second-order valence-corrected chi connectivity index (χ2v) is 9.24. The third-order valence-corrected chi connectivity index (χ3v) is 6.68. The molecule has 2 unspecified atom stereocenters. The van der Waals surface area contributed by atoms with Crippen molar-refractivity contribution in [3.63, 3.8) is 0 Å². The monoisotopic (exact) mass is 429 g/mol. The molecule has 2 atom stereocenters. The molecule has 0 saturated carbocycles. The van der Waals surface area contributed by atoms with E-state index in [4.69, 9.17) is 0 Å². The zero-order chi connectivity index (χ0) is 21.6. The van der Waals surface area contributed by atoms with Crippen LogP contribution in [-0.4, -0.2) is 52.3 Å². The maximum atomic E-state index is 14.4. The van der Waals surface area contributed by atoms with E-state index in [1.165, 1.54) is 0 Å². The van der Waals surface area contributed by atoms with Crippen LogP contribution in [0.3, 0.4) is 0 Å². The van der Waals surface area contributed by atoms with E-state index in [0.29, 0.717) is 17.2 Å². The Bertz CT molecular complexity index is 664. The summed E-state index contributed by atoms with van der Waals surface area (Å²) in [5.41, 5.74) is 0.916. The molecule has 1 aromatic carbocycles. The van der Waals surface area contributed by atoms with Crippen molar-refractivity contribution in [3.05, 3.63) is 24.3 Å². The van der Waals surface area contributed by atoms with E-state index in [2.05, 4.69) is 4.90 Å². The highest BCUT2D eigenvalue weighted by Gasteiger charge is 2.45. The molecular formula is C22H35F2N2O2S-. The number of hydrogen-bond donors (Lipinski definition) is 0. The minimum absolute atomic E-state index is 0.0182. The normalized spacial score (nSPS) is 24.1. The summed E-state index contributed by atoms with van der Waals surface area (Å²) in [6, 6.07) is 6.96. The summed E-state index contributed by atoms with van der Waals surface area (Å²) >= 11 is -2.22. The third kappa shape index (κ3) is 6.46. The minimum atomic E-state index is -2.60. The number of benzene rings is 1. The summed E-state index contributed by atoms with van der Waals surface area (Å²) in [7, 11) is 0.